The van der Waals surface area contributed by atoms with E-state index in [4.69, 9.17) is 0 Å². The van der Waals surface area contributed by atoms with E-state index >= 15 is 0 Å². The Bertz CT molecular complexity index is 923. The Balaban J connectivity index is 1.59. The molecule has 0 aromatic rings. The van der Waals surface area contributed by atoms with E-state index in [1.807, 2.05) is 6.92 Å². The first-order chi connectivity index (χ1) is 15.6. The number of rotatable bonds is 1. The van der Waals surface area contributed by atoms with Crippen molar-refractivity contribution >= 4 is 5.97 Å². The monoisotopic (exact) mass is 472 g/mol. The molecule has 0 radical (unpaired) electrons. The van der Waals surface area contributed by atoms with E-state index in [2.05, 4.69) is 47.6 Å². The zero-order valence-electron chi connectivity index (χ0n) is 22.6. The standard InChI is InChI=1S/C30H48O4/c1-25(2)16-19-18-8-9-20-27(4)12-11-22(31)30(7,24(33)34)21(27)10-13-29(20,6)28(18,5)15-14-26(19,3)23(32)17-25/h8,19-23,31-32H,9-17H2,1-7H3,(H,33,34)/t19-,20?,21?,22-,23+,26+,27+,28+,29+,30+/m0/s1. The van der Waals surface area contributed by atoms with Gasteiger partial charge in [-0.15, -0.1) is 0 Å². The molecule has 192 valence electrons. The zero-order chi connectivity index (χ0) is 25.1. The number of carboxylic acid groups (broad SMARTS) is 1. The first-order valence-corrected chi connectivity index (χ1v) is 13.9. The summed E-state index contributed by atoms with van der Waals surface area (Å²) in [5.41, 5.74) is 0.743. The molecule has 5 aliphatic carbocycles. The van der Waals surface area contributed by atoms with E-state index in [-0.39, 0.29) is 39.1 Å². The maximum atomic E-state index is 12.5. The fourth-order valence-electron chi connectivity index (χ4n) is 10.7. The van der Waals surface area contributed by atoms with Crippen LogP contribution in [0.3, 0.4) is 0 Å². The van der Waals surface area contributed by atoms with Crippen molar-refractivity contribution in [3.05, 3.63) is 11.6 Å². The summed E-state index contributed by atoms with van der Waals surface area (Å²) in [6.45, 7) is 16.2. The number of hydrogen-bond acceptors (Lipinski definition) is 3. The Labute approximate surface area is 206 Å². The first-order valence-electron chi connectivity index (χ1n) is 13.9. The summed E-state index contributed by atoms with van der Waals surface area (Å²) in [5.74, 6) is 0.0159. The van der Waals surface area contributed by atoms with Crippen LogP contribution in [0.25, 0.3) is 0 Å². The Morgan fingerprint density at radius 1 is 0.824 bits per heavy atom. The maximum absolute atomic E-state index is 12.5. The average Bonchev–Trinajstić information content (AvgIpc) is 2.73. The summed E-state index contributed by atoms with van der Waals surface area (Å²) in [4.78, 5) is 12.5. The van der Waals surface area contributed by atoms with Gasteiger partial charge in [-0.1, -0.05) is 53.2 Å². The van der Waals surface area contributed by atoms with Gasteiger partial charge in [-0.3, -0.25) is 4.79 Å². The molecule has 0 aromatic carbocycles. The van der Waals surface area contributed by atoms with Gasteiger partial charge in [0.1, 0.15) is 0 Å². The molecule has 0 aliphatic heterocycles. The van der Waals surface area contributed by atoms with Gasteiger partial charge in [0.15, 0.2) is 0 Å². The van der Waals surface area contributed by atoms with Crippen LogP contribution < -0.4 is 0 Å². The van der Waals surface area contributed by atoms with Gasteiger partial charge < -0.3 is 15.3 Å². The minimum absolute atomic E-state index is 0.00201. The van der Waals surface area contributed by atoms with E-state index in [9.17, 15) is 20.1 Å². The highest BCUT2D eigenvalue weighted by Gasteiger charge is 2.70. The fourth-order valence-corrected chi connectivity index (χ4v) is 10.7. The van der Waals surface area contributed by atoms with Crippen LogP contribution in [0.15, 0.2) is 11.6 Å². The maximum Gasteiger partial charge on any atom is 0.312 e. The van der Waals surface area contributed by atoms with Crippen LogP contribution in [0.2, 0.25) is 0 Å². The number of hydrogen-bond donors (Lipinski definition) is 3. The van der Waals surface area contributed by atoms with Crippen molar-refractivity contribution in [2.45, 2.75) is 118 Å². The molecule has 0 amide bonds. The highest BCUT2D eigenvalue weighted by Crippen LogP contribution is 2.75. The van der Waals surface area contributed by atoms with Crippen molar-refractivity contribution in [2.24, 2.45) is 50.2 Å². The van der Waals surface area contributed by atoms with Gasteiger partial charge in [0.05, 0.1) is 17.6 Å². The molecule has 0 heterocycles. The highest BCUT2D eigenvalue weighted by atomic mass is 16.4. The largest absolute Gasteiger partial charge is 0.481 e. The Morgan fingerprint density at radius 2 is 1.50 bits per heavy atom. The van der Waals surface area contributed by atoms with Crippen LogP contribution >= 0.6 is 0 Å². The van der Waals surface area contributed by atoms with Crippen LogP contribution in [-0.4, -0.2) is 33.5 Å². The summed E-state index contributed by atoms with van der Waals surface area (Å²) >= 11 is 0. The molecule has 5 rings (SSSR count). The number of carboxylic acids is 1. The zero-order valence-corrected chi connectivity index (χ0v) is 22.6. The molecule has 4 saturated carbocycles. The molecule has 4 fully saturated rings. The molecule has 0 bridgehead atoms. The van der Waals surface area contributed by atoms with Crippen LogP contribution in [0.1, 0.15) is 106 Å². The van der Waals surface area contributed by atoms with E-state index in [1.165, 1.54) is 0 Å². The molecule has 0 spiro atoms. The second-order valence-corrected chi connectivity index (χ2v) is 15.1. The van der Waals surface area contributed by atoms with Crippen molar-refractivity contribution in [1.29, 1.82) is 0 Å². The van der Waals surface area contributed by atoms with Crippen molar-refractivity contribution in [1.82, 2.24) is 0 Å². The summed E-state index contributed by atoms with van der Waals surface area (Å²) in [6.07, 6.45) is 10.1. The van der Waals surface area contributed by atoms with Gasteiger partial charge in [0, 0.05) is 5.41 Å². The number of carbonyl (C=O) groups is 1. The average molecular weight is 473 g/mol. The molecular weight excluding hydrogens is 424 g/mol. The third kappa shape index (κ3) is 2.82. The van der Waals surface area contributed by atoms with Crippen LogP contribution in [0, 0.1) is 50.2 Å². The van der Waals surface area contributed by atoms with E-state index in [0.717, 1.165) is 51.4 Å². The summed E-state index contributed by atoms with van der Waals surface area (Å²) in [7, 11) is 0. The minimum atomic E-state index is -1.07. The third-order valence-corrected chi connectivity index (χ3v) is 13.2. The normalized spacial score (nSPS) is 56.3. The van der Waals surface area contributed by atoms with Crippen LogP contribution in [0.4, 0.5) is 0 Å². The van der Waals surface area contributed by atoms with Gasteiger partial charge in [-0.2, -0.15) is 0 Å². The molecule has 2 unspecified atom stereocenters. The predicted octanol–water partition coefficient (Wildman–Crippen LogP) is 6.20. The molecule has 34 heavy (non-hydrogen) atoms. The van der Waals surface area contributed by atoms with Gasteiger partial charge in [0.2, 0.25) is 0 Å². The molecule has 4 heteroatoms. The summed E-state index contributed by atoms with van der Waals surface area (Å²) in [5, 5.41) is 32.4. The molecule has 10 atom stereocenters. The van der Waals surface area contributed by atoms with Crippen molar-refractivity contribution < 1.29 is 20.1 Å². The van der Waals surface area contributed by atoms with E-state index < -0.39 is 17.5 Å². The summed E-state index contributed by atoms with van der Waals surface area (Å²) < 4.78 is 0. The highest BCUT2D eigenvalue weighted by molar-refractivity contribution is 5.76. The Kier molecular flexibility index (Phi) is 5.20. The molecule has 3 N–H and O–H groups in total. The summed E-state index contributed by atoms with van der Waals surface area (Å²) in [6, 6.07) is 0. The quantitative estimate of drug-likeness (QED) is 0.397. The lowest BCUT2D eigenvalue weighted by Crippen LogP contribution is -2.66. The number of aliphatic carboxylic acids is 1. The molecular formula is C30H48O4. The first kappa shape index (κ1) is 24.8. The number of aliphatic hydroxyl groups is 2. The van der Waals surface area contributed by atoms with E-state index in [0.29, 0.717) is 18.3 Å². The predicted molar refractivity (Wildman–Crippen MR) is 134 cm³/mol. The topological polar surface area (TPSA) is 77.8 Å². The Morgan fingerprint density at radius 3 is 2.15 bits per heavy atom. The number of allylic oxidation sites excluding steroid dienone is 2. The molecule has 0 aromatic heterocycles. The van der Waals surface area contributed by atoms with Crippen LogP contribution in [0.5, 0.6) is 0 Å². The van der Waals surface area contributed by atoms with Crippen molar-refractivity contribution in [3.63, 3.8) is 0 Å². The SMILES string of the molecule is CC1(C)C[C@@H](O)[C@]2(C)CC[C@]3(C)C(=CCC4[C@@]5(C)CC[C@H](O)[C@](C)(C(=O)O)C5CC[C@]43C)[C@@H]2C1. The minimum Gasteiger partial charge on any atom is -0.481 e. The molecule has 4 nitrogen and oxygen atoms in total. The number of fused-ring (bicyclic) bond motifs is 7. The van der Waals surface area contributed by atoms with Gasteiger partial charge >= 0.3 is 5.97 Å². The smallest absolute Gasteiger partial charge is 0.312 e. The van der Waals surface area contributed by atoms with Gasteiger partial charge in [0.25, 0.3) is 0 Å². The van der Waals surface area contributed by atoms with Gasteiger partial charge in [-0.25, -0.2) is 0 Å². The van der Waals surface area contributed by atoms with Gasteiger partial charge in [-0.05, 0) is 104 Å². The van der Waals surface area contributed by atoms with Crippen molar-refractivity contribution in [2.75, 3.05) is 0 Å². The lowest BCUT2D eigenvalue weighted by molar-refractivity contribution is -0.219. The molecule has 0 saturated heterocycles. The second-order valence-electron chi connectivity index (χ2n) is 15.1. The van der Waals surface area contributed by atoms with Crippen molar-refractivity contribution in [3.8, 4) is 0 Å². The number of aliphatic hydroxyl groups excluding tert-OH is 2. The van der Waals surface area contributed by atoms with E-state index in [1.54, 1.807) is 5.57 Å². The fraction of sp³-hybridized carbons (Fsp3) is 0.900. The van der Waals surface area contributed by atoms with Crippen LogP contribution in [-0.2, 0) is 4.79 Å². The Hall–Kier alpha value is -0.870. The third-order valence-electron chi connectivity index (χ3n) is 13.2. The second kappa shape index (κ2) is 7.12. The lowest BCUT2D eigenvalue weighted by atomic mass is 9.33. The lowest BCUT2D eigenvalue weighted by Gasteiger charge is -2.71. The molecule has 5 aliphatic rings.